The molecule has 7 heteroatoms. The first-order valence-electron chi connectivity index (χ1n) is 8.70. The molecule has 0 saturated carbocycles. The monoisotopic (exact) mass is 376 g/mol. The highest BCUT2D eigenvalue weighted by Gasteiger charge is 2.30. The molecule has 1 aliphatic rings. The minimum atomic E-state index is -3.50. The van der Waals surface area contributed by atoms with Gasteiger partial charge in [-0.05, 0) is 50.1 Å². The molecular weight excluding hydrogens is 352 g/mol. The van der Waals surface area contributed by atoms with Crippen LogP contribution in [0.1, 0.15) is 18.5 Å². The number of nitrogens with zero attached hydrogens (tertiary/aromatic N) is 2. The van der Waals surface area contributed by atoms with Crippen LogP contribution in [0.5, 0.6) is 11.6 Å². The van der Waals surface area contributed by atoms with Crippen molar-refractivity contribution in [1.29, 1.82) is 0 Å². The maximum Gasteiger partial charge on any atom is 0.243 e. The molecule has 0 spiro atoms. The summed E-state index contributed by atoms with van der Waals surface area (Å²) in [6.45, 7) is 3.37. The van der Waals surface area contributed by atoms with Gasteiger partial charge in [0.2, 0.25) is 15.9 Å². The third kappa shape index (κ3) is 4.34. The Balaban J connectivity index is 1.65. The molecule has 1 saturated heterocycles. The first kappa shape index (κ1) is 18.7. The van der Waals surface area contributed by atoms with Gasteiger partial charge in [0.15, 0.2) is 0 Å². The molecule has 2 aromatic rings. The van der Waals surface area contributed by atoms with Crippen molar-refractivity contribution in [3.63, 3.8) is 0 Å². The lowest BCUT2D eigenvalue weighted by Gasteiger charge is -2.31. The predicted octanol–water partition coefficient (Wildman–Crippen LogP) is 2.88. The lowest BCUT2D eigenvalue weighted by Crippen LogP contribution is -2.41. The Labute approximate surface area is 154 Å². The molecule has 140 valence electrons. The smallest absolute Gasteiger partial charge is 0.243 e. The number of aryl methyl sites for hydroxylation is 1. The molecule has 3 rings (SSSR count). The van der Waals surface area contributed by atoms with E-state index in [-0.39, 0.29) is 5.92 Å². The molecule has 2 heterocycles. The van der Waals surface area contributed by atoms with Crippen LogP contribution in [0, 0.1) is 12.8 Å². The molecule has 1 fully saturated rings. The van der Waals surface area contributed by atoms with Crippen molar-refractivity contribution in [2.75, 3.05) is 26.8 Å². The van der Waals surface area contributed by atoms with Crippen molar-refractivity contribution >= 4 is 10.0 Å². The molecule has 0 aliphatic carbocycles. The summed E-state index contributed by atoms with van der Waals surface area (Å²) < 4.78 is 38.2. The van der Waals surface area contributed by atoms with Crippen molar-refractivity contribution in [2.24, 2.45) is 5.92 Å². The third-order valence-electron chi connectivity index (χ3n) is 4.51. The Hall–Kier alpha value is -2.12. The van der Waals surface area contributed by atoms with E-state index < -0.39 is 10.0 Å². The number of aromatic nitrogens is 1. The topological polar surface area (TPSA) is 68.7 Å². The van der Waals surface area contributed by atoms with Crippen molar-refractivity contribution < 1.29 is 17.9 Å². The van der Waals surface area contributed by atoms with E-state index in [1.54, 1.807) is 35.7 Å². The van der Waals surface area contributed by atoms with Gasteiger partial charge >= 0.3 is 0 Å². The zero-order valence-corrected chi connectivity index (χ0v) is 15.9. The van der Waals surface area contributed by atoms with Gasteiger partial charge in [-0.1, -0.05) is 6.07 Å². The van der Waals surface area contributed by atoms with Crippen molar-refractivity contribution in [3.8, 4) is 11.6 Å². The third-order valence-corrected chi connectivity index (χ3v) is 6.39. The highest BCUT2D eigenvalue weighted by Crippen LogP contribution is 2.25. The Morgan fingerprint density at radius 1 is 1.19 bits per heavy atom. The summed E-state index contributed by atoms with van der Waals surface area (Å²) in [6.07, 6.45) is 1.77. The van der Waals surface area contributed by atoms with E-state index in [1.807, 2.05) is 25.1 Å². The van der Waals surface area contributed by atoms with E-state index >= 15 is 0 Å². The zero-order chi connectivity index (χ0) is 18.6. The van der Waals surface area contributed by atoms with Crippen LogP contribution in [0.15, 0.2) is 47.4 Å². The Morgan fingerprint density at radius 3 is 2.65 bits per heavy atom. The number of pyridine rings is 1. The Morgan fingerprint density at radius 2 is 1.96 bits per heavy atom. The average molecular weight is 376 g/mol. The van der Waals surface area contributed by atoms with Gasteiger partial charge in [0.25, 0.3) is 0 Å². The first-order valence-corrected chi connectivity index (χ1v) is 10.1. The standard InChI is InChI=1S/C19H24N2O4S/c1-15-5-3-7-19(20-15)25-14-16-6-4-12-21(13-16)26(22,23)18-10-8-17(24-2)9-11-18/h3,5,7-11,16H,4,6,12-14H2,1-2H3. The van der Waals surface area contributed by atoms with Crippen molar-refractivity contribution in [3.05, 3.63) is 48.2 Å². The van der Waals surface area contributed by atoms with Crippen LogP contribution in [-0.4, -0.2) is 44.5 Å². The molecule has 1 atom stereocenters. The second-order valence-corrected chi connectivity index (χ2v) is 8.41. The van der Waals surface area contributed by atoms with Crippen molar-refractivity contribution in [2.45, 2.75) is 24.7 Å². The molecule has 1 aliphatic heterocycles. The fraction of sp³-hybridized carbons (Fsp3) is 0.421. The van der Waals surface area contributed by atoms with Crippen LogP contribution in [0.4, 0.5) is 0 Å². The normalized spacial score (nSPS) is 18.5. The predicted molar refractivity (Wildman–Crippen MR) is 98.9 cm³/mol. The maximum atomic E-state index is 12.9. The molecular formula is C19H24N2O4S. The minimum absolute atomic E-state index is 0.152. The molecule has 0 bridgehead atoms. The summed E-state index contributed by atoms with van der Waals surface area (Å²) in [4.78, 5) is 4.62. The van der Waals surface area contributed by atoms with Crippen LogP contribution in [0.3, 0.4) is 0 Å². The summed E-state index contributed by atoms with van der Waals surface area (Å²) >= 11 is 0. The summed E-state index contributed by atoms with van der Waals surface area (Å²) in [5, 5.41) is 0. The second kappa shape index (κ2) is 8.05. The van der Waals surface area contributed by atoms with Crippen LogP contribution < -0.4 is 9.47 Å². The maximum absolute atomic E-state index is 12.9. The lowest BCUT2D eigenvalue weighted by molar-refractivity contribution is 0.176. The first-order chi connectivity index (χ1) is 12.5. The van der Waals surface area contributed by atoms with Gasteiger partial charge in [0, 0.05) is 30.8 Å². The number of sulfonamides is 1. The van der Waals surface area contributed by atoms with Gasteiger partial charge in [-0.25, -0.2) is 13.4 Å². The highest BCUT2D eigenvalue weighted by molar-refractivity contribution is 7.89. The van der Waals surface area contributed by atoms with Crippen LogP contribution in [0.2, 0.25) is 0 Å². The number of rotatable bonds is 6. The molecule has 1 unspecified atom stereocenters. The Kier molecular flexibility index (Phi) is 5.78. The number of ether oxygens (including phenoxy) is 2. The zero-order valence-electron chi connectivity index (χ0n) is 15.1. The number of methoxy groups -OCH3 is 1. The number of benzene rings is 1. The van der Waals surface area contributed by atoms with Crippen LogP contribution in [0.25, 0.3) is 0 Å². The van der Waals surface area contributed by atoms with Gasteiger partial charge in [0.05, 0.1) is 18.6 Å². The fourth-order valence-corrected chi connectivity index (χ4v) is 4.63. The molecule has 0 radical (unpaired) electrons. The van der Waals surface area contributed by atoms with E-state index in [9.17, 15) is 8.42 Å². The molecule has 26 heavy (non-hydrogen) atoms. The van der Waals surface area contributed by atoms with Gasteiger partial charge in [0.1, 0.15) is 5.75 Å². The van der Waals surface area contributed by atoms with Gasteiger partial charge in [-0.3, -0.25) is 0 Å². The summed E-state index contributed by atoms with van der Waals surface area (Å²) in [7, 11) is -1.95. The number of hydrogen-bond acceptors (Lipinski definition) is 5. The quantitative estimate of drug-likeness (QED) is 0.775. The minimum Gasteiger partial charge on any atom is -0.497 e. The molecule has 0 N–H and O–H groups in total. The second-order valence-electron chi connectivity index (χ2n) is 6.48. The van der Waals surface area contributed by atoms with E-state index in [4.69, 9.17) is 9.47 Å². The SMILES string of the molecule is COc1ccc(S(=O)(=O)N2CCCC(COc3cccc(C)n3)C2)cc1. The highest BCUT2D eigenvalue weighted by atomic mass is 32.2. The summed E-state index contributed by atoms with van der Waals surface area (Å²) in [6, 6.07) is 12.1. The van der Waals surface area contributed by atoms with E-state index in [0.29, 0.717) is 36.2 Å². The molecule has 1 aromatic carbocycles. The number of piperidine rings is 1. The van der Waals surface area contributed by atoms with E-state index in [0.717, 1.165) is 18.5 Å². The van der Waals surface area contributed by atoms with E-state index in [2.05, 4.69) is 4.98 Å². The summed E-state index contributed by atoms with van der Waals surface area (Å²) in [5.74, 6) is 1.37. The average Bonchev–Trinajstić information content (AvgIpc) is 2.67. The van der Waals surface area contributed by atoms with E-state index in [1.165, 1.54) is 0 Å². The van der Waals surface area contributed by atoms with Gasteiger partial charge in [-0.15, -0.1) is 0 Å². The largest absolute Gasteiger partial charge is 0.497 e. The van der Waals surface area contributed by atoms with Crippen LogP contribution in [-0.2, 0) is 10.0 Å². The molecule has 1 aromatic heterocycles. The van der Waals surface area contributed by atoms with Gasteiger partial charge in [-0.2, -0.15) is 4.31 Å². The lowest BCUT2D eigenvalue weighted by atomic mass is 10.0. The summed E-state index contributed by atoms with van der Waals surface area (Å²) in [5.41, 5.74) is 0.898. The Bertz CT molecular complexity index is 837. The van der Waals surface area contributed by atoms with Gasteiger partial charge < -0.3 is 9.47 Å². The fourth-order valence-electron chi connectivity index (χ4n) is 3.08. The van der Waals surface area contributed by atoms with Crippen LogP contribution >= 0.6 is 0 Å². The number of hydrogen-bond donors (Lipinski definition) is 0. The molecule has 6 nitrogen and oxygen atoms in total. The van der Waals surface area contributed by atoms with Crippen molar-refractivity contribution in [1.82, 2.24) is 9.29 Å². The molecule has 0 amide bonds.